The molecule has 2 amide bonds. The molecule has 7 nitrogen and oxygen atoms in total. The van der Waals surface area contributed by atoms with Crippen LogP contribution < -0.4 is 10.6 Å². The van der Waals surface area contributed by atoms with E-state index in [1.54, 1.807) is 31.2 Å². The van der Waals surface area contributed by atoms with Crippen LogP contribution in [0, 0.1) is 6.92 Å². The lowest BCUT2D eigenvalue weighted by atomic mass is 10.1. The zero-order valence-corrected chi connectivity index (χ0v) is 15.0. The molecule has 1 atom stereocenters. The number of hydrogen-bond donors (Lipinski definition) is 2. The minimum absolute atomic E-state index is 0.0176. The molecule has 7 heteroatoms. The molecule has 0 aliphatic heterocycles. The molecule has 0 aliphatic carbocycles. The van der Waals surface area contributed by atoms with Crippen LogP contribution in [0.5, 0.6) is 0 Å². The van der Waals surface area contributed by atoms with Crippen molar-refractivity contribution < 1.29 is 23.5 Å². The zero-order valence-electron chi connectivity index (χ0n) is 15.0. The number of anilines is 1. The highest BCUT2D eigenvalue weighted by molar-refractivity contribution is 6.03. The van der Waals surface area contributed by atoms with Crippen molar-refractivity contribution in [3.05, 3.63) is 53.5 Å². The highest BCUT2D eigenvalue weighted by Crippen LogP contribution is 2.19. The molecule has 1 heterocycles. The van der Waals surface area contributed by atoms with Crippen LogP contribution in [-0.4, -0.2) is 30.4 Å². The Balaban J connectivity index is 2.00. The van der Waals surface area contributed by atoms with Gasteiger partial charge in [0.05, 0.1) is 11.8 Å². The molecule has 1 aromatic heterocycles. The van der Waals surface area contributed by atoms with E-state index >= 15 is 0 Å². The molecular weight excluding hydrogens is 336 g/mol. The number of ether oxygens (including phenoxy) is 1. The number of nitrogens with one attached hydrogen (secondary N) is 2. The van der Waals surface area contributed by atoms with E-state index in [0.29, 0.717) is 5.69 Å². The number of aryl methyl sites for hydroxylation is 1. The van der Waals surface area contributed by atoms with Crippen LogP contribution in [0.2, 0.25) is 0 Å². The predicted octanol–water partition coefficient (Wildman–Crippen LogP) is 2.91. The van der Waals surface area contributed by atoms with E-state index in [9.17, 15) is 14.4 Å². The number of hydrogen-bond acceptors (Lipinski definition) is 5. The first kappa shape index (κ1) is 19.2. The van der Waals surface area contributed by atoms with E-state index in [0.717, 1.165) is 12.0 Å². The summed E-state index contributed by atoms with van der Waals surface area (Å²) in [6.07, 6.45) is 2.19. The quantitative estimate of drug-likeness (QED) is 0.742. The van der Waals surface area contributed by atoms with Gasteiger partial charge >= 0.3 is 5.97 Å². The van der Waals surface area contributed by atoms with Crippen LogP contribution in [0.3, 0.4) is 0 Å². The summed E-state index contributed by atoms with van der Waals surface area (Å²) in [5, 5.41) is 5.40. The molecule has 138 valence electrons. The molecule has 0 bridgehead atoms. The van der Waals surface area contributed by atoms with Gasteiger partial charge in [-0.25, -0.2) is 4.79 Å². The standard InChI is InChI=1S/C19H22N2O5/c1-4-13(3)20-17(22)11-26-19(24)14-8-7-12(2)15(10-14)21-18(23)16-6-5-9-25-16/h5-10,13H,4,11H2,1-3H3,(H,20,22)(H,21,23)/t13-/m0/s1. The molecule has 26 heavy (non-hydrogen) atoms. The summed E-state index contributed by atoms with van der Waals surface area (Å²) in [6.45, 7) is 5.26. The van der Waals surface area contributed by atoms with Gasteiger partial charge in [0.25, 0.3) is 11.8 Å². The van der Waals surface area contributed by atoms with Crippen molar-refractivity contribution in [2.45, 2.75) is 33.2 Å². The van der Waals surface area contributed by atoms with Crippen molar-refractivity contribution in [2.24, 2.45) is 0 Å². The molecule has 0 radical (unpaired) electrons. The van der Waals surface area contributed by atoms with Crippen molar-refractivity contribution >= 4 is 23.5 Å². The van der Waals surface area contributed by atoms with Crippen molar-refractivity contribution in [3.63, 3.8) is 0 Å². The molecule has 0 unspecified atom stereocenters. The number of benzene rings is 1. The number of rotatable bonds is 7. The van der Waals surface area contributed by atoms with E-state index < -0.39 is 11.9 Å². The summed E-state index contributed by atoms with van der Waals surface area (Å²) in [5.41, 5.74) is 1.47. The summed E-state index contributed by atoms with van der Waals surface area (Å²) >= 11 is 0. The Bertz CT molecular complexity index is 783. The fraction of sp³-hybridized carbons (Fsp3) is 0.316. The van der Waals surface area contributed by atoms with Crippen molar-refractivity contribution in [1.82, 2.24) is 5.32 Å². The van der Waals surface area contributed by atoms with Crippen molar-refractivity contribution in [3.8, 4) is 0 Å². The molecule has 2 aromatic rings. The van der Waals surface area contributed by atoms with Gasteiger partial charge in [-0.05, 0) is 50.1 Å². The van der Waals surface area contributed by atoms with E-state index in [4.69, 9.17) is 9.15 Å². The van der Waals surface area contributed by atoms with Gasteiger partial charge in [-0.1, -0.05) is 13.0 Å². The Morgan fingerprint density at radius 1 is 1.23 bits per heavy atom. The summed E-state index contributed by atoms with van der Waals surface area (Å²) in [5.74, 6) is -1.25. The van der Waals surface area contributed by atoms with Crippen LogP contribution in [0.15, 0.2) is 41.0 Å². The van der Waals surface area contributed by atoms with Gasteiger partial charge in [0.1, 0.15) is 0 Å². The number of furan rings is 1. The van der Waals surface area contributed by atoms with Gasteiger partial charge in [-0.3, -0.25) is 9.59 Å². The normalized spacial score (nSPS) is 11.5. The third kappa shape index (κ3) is 5.20. The Kier molecular flexibility index (Phi) is 6.54. The SMILES string of the molecule is CC[C@H](C)NC(=O)COC(=O)c1ccc(C)c(NC(=O)c2ccco2)c1. The Morgan fingerprint density at radius 2 is 2.00 bits per heavy atom. The topological polar surface area (TPSA) is 97.6 Å². The monoisotopic (exact) mass is 358 g/mol. The summed E-state index contributed by atoms with van der Waals surface area (Å²) in [7, 11) is 0. The fourth-order valence-corrected chi connectivity index (χ4v) is 2.11. The van der Waals surface area contributed by atoms with Gasteiger partial charge in [-0.2, -0.15) is 0 Å². The van der Waals surface area contributed by atoms with Gasteiger partial charge < -0.3 is 19.8 Å². The summed E-state index contributed by atoms with van der Waals surface area (Å²) in [4.78, 5) is 35.9. The fourth-order valence-electron chi connectivity index (χ4n) is 2.11. The van der Waals surface area contributed by atoms with E-state index in [2.05, 4.69) is 10.6 Å². The van der Waals surface area contributed by atoms with Crippen molar-refractivity contribution in [2.75, 3.05) is 11.9 Å². The van der Waals surface area contributed by atoms with Crippen LogP contribution >= 0.6 is 0 Å². The molecule has 2 rings (SSSR count). The van der Waals surface area contributed by atoms with Crippen LogP contribution in [0.4, 0.5) is 5.69 Å². The first-order valence-corrected chi connectivity index (χ1v) is 8.32. The maximum absolute atomic E-state index is 12.1. The first-order chi connectivity index (χ1) is 12.4. The summed E-state index contributed by atoms with van der Waals surface area (Å²) < 4.78 is 10.1. The predicted molar refractivity (Wildman–Crippen MR) is 96.0 cm³/mol. The zero-order chi connectivity index (χ0) is 19.1. The van der Waals surface area contributed by atoms with Gasteiger partial charge in [0, 0.05) is 11.7 Å². The maximum Gasteiger partial charge on any atom is 0.338 e. The molecule has 0 fully saturated rings. The summed E-state index contributed by atoms with van der Waals surface area (Å²) in [6, 6.07) is 7.94. The lowest BCUT2D eigenvalue weighted by Gasteiger charge is -2.12. The molecule has 0 aliphatic rings. The lowest BCUT2D eigenvalue weighted by molar-refractivity contribution is -0.124. The third-order valence-electron chi connectivity index (χ3n) is 3.82. The van der Waals surface area contributed by atoms with Crippen LogP contribution in [0.1, 0.15) is 46.7 Å². The molecule has 0 saturated carbocycles. The van der Waals surface area contributed by atoms with E-state index in [-0.39, 0.29) is 29.9 Å². The minimum atomic E-state index is -0.641. The minimum Gasteiger partial charge on any atom is -0.459 e. The third-order valence-corrected chi connectivity index (χ3v) is 3.82. The van der Waals surface area contributed by atoms with E-state index in [1.807, 2.05) is 13.8 Å². The maximum atomic E-state index is 12.1. The smallest absolute Gasteiger partial charge is 0.338 e. The highest BCUT2D eigenvalue weighted by Gasteiger charge is 2.15. The average Bonchev–Trinajstić information content (AvgIpc) is 3.16. The van der Waals surface area contributed by atoms with Gasteiger partial charge in [0.2, 0.25) is 0 Å². The van der Waals surface area contributed by atoms with Crippen LogP contribution in [-0.2, 0) is 9.53 Å². The molecule has 2 N–H and O–H groups in total. The number of carbonyl (C=O) groups excluding carboxylic acids is 3. The Labute approximate surface area is 151 Å². The highest BCUT2D eigenvalue weighted by atomic mass is 16.5. The van der Waals surface area contributed by atoms with E-state index in [1.165, 1.54) is 12.3 Å². The number of amides is 2. The Morgan fingerprint density at radius 3 is 2.65 bits per heavy atom. The van der Waals surface area contributed by atoms with Gasteiger partial charge in [0.15, 0.2) is 12.4 Å². The average molecular weight is 358 g/mol. The molecule has 0 saturated heterocycles. The molecular formula is C19H22N2O5. The number of carbonyl (C=O) groups is 3. The largest absolute Gasteiger partial charge is 0.459 e. The lowest BCUT2D eigenvalue weighted by Crippen LogP contribution is -2.35. The van der Waals surface area contributed by atoms with Gasteiger partial charge in [-0.15, -0.1) is 0 Å². The van der Waals surface area contributed by atoms with Crippen molar-refractivity contribution in [1.29, 1.82) is 0 Å². The van der Waals surface area contributed by atoms with Crippen LogP contribution in [0.25, 0.3) is 0 Å². The molecule has 1 aromatic carbocycles. The first-order valence-electron chi connectivity index (χ1n) is 8.32. The second kappa shape index (κ2) is 8.84. The Hall–Kier alpha value is -3.09. The second-order valence-electron chi connectivity index (χ2n) is 5.91. The molecule has 0 spiro atoms. The number of esters is 1. The second-order valence-corrected chi connectivity index (χ2v) is 5.91.